The zero-order chi connectivity index (χ0) is 13.7. The third-order valence-electron chi connectivity index (χ3n) is 4.51. The quantitative estimate of drug-likeness (QED) is 0.800. The van der Waals surface area contributed by atoms with Crippen molar-refractivity contribution in [1.29, 1.82) is 0 Å². The normalized spacial score (nSPS) is 25.3. The van der Waals surface area contributed by atoms with Crippen molar-refractivity contribution in [2.45, 2.75) is 64.3 Å². The molecule has 4 heteroatoms. The summed E-state index contributed by atoms with van der Waals surface area (Å²) in [7, 11) is 0. The Kier molecular flexibility index (Phi) is 5.63. The number of rotatable bonds is 6. The Hall–Kier alpha value is -0.160. The first kappa shape index (κ1) is 15.2. The van der Waals surface area contributed by atoms with Crippen LogP contribution in [0.5, 0.6) is 0 Å². The van der Waals surface area contributed by atoms with Gasteiger partial charge in [-0.05, 0) is 32.9 Å². The second-order valence-electron chi connectivity index (χ2n) is 5.94. The van der Waals surface area contributed by atoms with E-state index in [0.29, 0.717) is 12.1 Å². The molecule has 1 aliphatic carbocycles. The minimum absolute atomic E-state index is 0.222. The highest BCUT2D eigenvalue weighted by Crippen LogP contribution is 2.35. The van der Waals surface area contributed by atoms with E-state index in [4.69, 9.17) is 9.47 Å². The van der Waals surface area contributed by atoms with Crippen LogP contribution in [0.3, 0.4) is 0 Å². The fourth-order valence-electron chi connectivity index (χ4n) is 3.33. The zero-order valence-electron chi connectivity index (χ0n) is 12.8. The molecule has 1 spiro atoms. The summed E-state index contributed by atoms with van der Waals surface area (Å²) in [6, 6.07) is 1.19. The maximum Gasteiger partial charge on any atom is 0.168 e. The molecule has 1 aliphatic heterocycles. The minimum Gasteiger partial charge on any atom is -0.348 e. The van der Waals surface area contributed by atoms with Gasteiger partial charge in [0.25, 0.3) is 0 Å². The van der Waals surface area contributed by atoms with E-state index in [-0.39, 0.29) is 5.79 Å². The molecule has 2 rings (SSSR count). The van der Waals surface area contributed by atoms with Crippen molar-refractivity contribution in [3.63, 3.8) is 0 Å². The summed E-state index contributed by atoms with van der Waals surface area (Å²) in [4.78, 5) is 2.48. The number of hydrogen-bond donors (Lipinski definition) is 1. The molecular weight excluding hydrogens is 240 g/mol. The van der Waals surface area contributed by atoms with Gasteiger partial charge in [0, 0.05) is 31.5 Å². The monoisotopic (exact) mass is 270 g/mol. The van der Waals surface area contributed by atoms with E-state index >= 15 is 0 Å². The smallest absolute Gasteiger partial charge is 0.168 e. The summed E-state index contributed by atoms with van der Waals surface area (Å²) in [5, 5.41) is 3.77. The van der Waals surface area contributed by atoms with Crippen LogP contribution < -0.4 is 5.32 Å². The van der Waals surface area contributed by atoms with Crippen LogP contribution in [0.4, 0.5) is 0 Å². The largest absolute Gasteiger partial charge is 0.348 e. The van der Waals surface area contributed by atoms with Gasteiger partial charge in [0.2, 0.25) is 0 Å². The zero-order valence-corrected chi connectivity index (χ0v) is 12.8. The van der Waals surface area contributed by atoms with Gasteiger partial charge in [0.15, 0.2) is 5.79 Å². The first-order chi connectivity index (χ1) is 9.17. The molecule has 0 amide bonds. The van der Waals surface area contributed by atoms with Gasteiger partial charge < -0.3 is 19.7 Å². The van der Waals surface area contributed by atoms with E-state index in [0.717, 1.165) is 45.7 Å². The molecule has 0 radical (unpaired) electrons. The number of nitrogens with one attached hydrogen (secondary N) is 1. The van der Waals surface area contributed by atoms with Crippen molar-refractivity contribution in [3.05, 3.63) is 0 Å². The molecule has 0 aromatic heterocycles. The highest BCUT2D eigenvalue weighted by Gasteiger charge is 2.40. The average molecular weight is 270 g/mol. The highest BCUT2D eigenvalue weighted by atomic mass is 16.7. The predicted octanol–water partition coefficient (Wildman–Crippen LogP) is 1.99. The Morgan fingerprint density at radius 3 is 2.26 bits per heavy atom. The lowest BCUT2D eigenvalue weighted by Gasteiger charge is -2.37. The molecule has 1 unspecified atom stereocenters. The van der Waals surface area contributed by atoms with Crippen LogP contribution in [0.2, 0.25) is 0 Å². The van der Waals surface area contributed by atoms with Gasteiger partial charge in [-0.15, -0.1) is 0 Å². The van der Waals surface area contributed by atoms with Crippen molar-refractivity contribution in [3.8, 4) is 0 Å². The number of nitrogens with zero attached hydrogens (tertiary/aromatic N) is 1. The molecule has 112 valence electrons. The molecule has 1 saturated heterocycles. The molecule has 1 heterocycles. The summed E-state index contributed by atoms with van der Waals surface area (Å²) >= 11 is 0. The maximum absolute atomic E-state index is 5.78. The summed E-state index contributed by atoms with van der Waals surface area (Å²) in [6.45, 7) is 11.7. The molecule has 0 bridgehead atoms. The first-order valence-electron chi connectivity index (χ1n) is 7.94. The lowest BCUT2D eigenvalue weighted by atomic mass is 9.89. The van der Waals surface area contributed by atoms with E-state index in [2.05, 4.69) is 31.0 Å². The van der Waals surface area contributed by atoms with Gasteiger partial charge in [-0.25, -0.2) is 0 Å². The maximum atomic E-state index is 5.78. The molecule has 1 N–H and O–H groups in total. The standard InChI is InChI=1S/C15H30N2O2/c1-4-17(5-2)12-13(3)16-14-6-8-15(9-7-14)18-10-11-19-15/h13-14,16H,4-12H2,1-3H3. The molecule has 2 fully saturated rings. The van der Waals surface area contributed by atoms with Gasteiger partial charge >= 0.3 is 0 Å². The Morgan fingerprint density at radius 2 is 1.74 bits per heavy atom. The molecule has 0 aromatic carbocycles. The SMILES string of the molecule is CCN(CC)CC(C)NC1CCC2(CC1)OCCO2. The van der Waals surface area contributed by atoms with Gasteiger partial charge in [0.05, 0.1) is 13.2 Å². The topological polar surface area (TPSA) is 33.7 Å². The minimum atomic E-state index is -0.222. The summed E-state index contributed by atoms with van der Waals surface area (Å²) in [5.41, 5.74) is 0. The van der Waals surface area contributed by atoms with E-state index in [1.807, 2.05) is 0 Å². The van der Waals surface area contributed by atoms with Crippen LogP contribution in [0.1, 0.15) is 46.5 Å². The van der Waals surface area contributed by atoms with E-state index < -0.39 is 0 Å². The second-order valence-corrected chi connectivity index (χ2v) is 5.94. The Balaban J connectivity index is 1.70. The van der Waals surface area contributed by atoms with Gasteiger partial charge in [-0.2, -0.15) is 0 Å². The van der Waals surface area contributed by atoms with Gasteiger partial charge in [-0.3, -0.25) is 0 Å². The number of likely N-dealkylation sites (N-methyl/N-ethyl adjacent to an activating group) is 1. The van der Waals surface area contributed by atoms with Gasteiger partial charge in [0.1, 0.15) is 0 Å². The molecule has 1 saturated carbocycles. The van der Waals surface area contributed by atoms with Crippen molar-refractivity contribution in [2.75, 3.05) is 32.8 Å². The summed E-state index contributed by atoms with van der Waals surface area (Å²) in [6.07, 6.45) is 4.43. The lowest BCUT2D eigenvalue weighted by Crippen LogP contribution is -2.48. The molecule has 4 nitrogen and oxygen atoms in total. The Labute approximate surface area is 117 Å². The van der Waals surface area contributed by atoms with Crippen LogP contribution in [0.15, 0.2) is 0 Å². The van der Waals surface area contributed by atoms with Crippen molar-refractivity contribution >= 4 is 0 Å². The number of ether oxygens (including phenoxy) is 2. The van der Waals surface area contributed by atoms with Crippen LogP contribution in [0.25, 0.3) is 0 Å². The average Bonchev–Trinajstić information content (AvgIpc) is 2.87. The van der Waals surface area contributed by atoms with Crippen LogP contribution in [0, 0.1) is 0 Å². The van der Waals surface area contributed by atoms with E-state index in [1.54, 1.807) is 0 Å². The fourth-order valence-corrected chi connectivity index (χ4v) is 3.33. The fraction of sp³-hybridized carbons (Fsp3) is 1.00. The van der Waals surface area contributed by atoms with E-state index in [1.165, 1.54) is 12.8 Å². The molecular formula is C15H30N2O2. The Morgan fingerprint density at radius 1 is 1.16 bits per heavy atom. The lowest BCUT2D eigenvalue weighted by molar-refractivity contribution is -0.179. The van der Waals surface area contributed by atoms with Crippen LogP contribution in [-0.4, -0.2) is 55.6 Å². The van der Waals surface area contributed by atoms with Gasteiger partial charge in [-0.1, -0.05) is 13.8 Å². The second kappa shape index (κ2) is 7.02. The summed E-state index contributed by atoms with van der Waals surface area (Å²) in [5.74, 6) is -0.222. The van der Waals surface area contributed by atoms with Crippen molar-refractivity contribution < 1.29 is 9.47 Å². The first-order valence-corrected chi connectivity index (χ1v) is 7.94. The molecule has 19 heavy (non-hydrogen) atoms. The molecule has 0 aromatic rings. The highest BCUT2D eigenvalue weighted by molar-refractivity contribution is 4.86. The van der Waals surface area contributed by atoms with Crippen molar-refractivity contribution in [2.24, 2.45) is 0 Å². The third-order valence-corrected chi connectivity index (χ3v) is 4.51. The third kappa shape index (κ3) is 4.15. The Bertz CT molecular complexity index is 253. The molecule has 1 atom stereocenters. The van der Waals surface area contributed by atoms with Crippen molar-refractivity contribution in [1.82, 2.24) is 10.2 Å². The summed E-state index contributed by atoms with van der Waals surface area (Å²) < 4.78 is 11.6. The van der Waals surface area contributed by atoms with E-state index in [9.17, 15) is 0 Å². The van der Waals surface area contributed by atoms with Crippen LogP contribution in [-0.2, 0) is 9.47 Å². The van der Waals surface area contributed by atoms with Crippen LogP contribution >= 0.6 is 0 Å². The predicted molar refractivity (Wildman–Crippen MR) is 77.3 cm³/mol. The number of hydrogen-bond acceptors (Lipinski definition) is 4. The molecule has 2 aliphatic rings.